The highest BCUT2D eigenvalue weighted by Crippen LogP contribution is 2.28. The summed E-state index contributed by atoms with van der Waals surface area (Å²) >= 11 is 14.8. The monoisotopic (exact) mass is 418 g/mol. The number of carbonyl (C=O) groups is 1. The van der Waals surface area contributed by atoms with Gasteiger partial charge in [0.1, 0.15) is 5.75 Å². The van der Waals surface area contributed by atoms with E-state index in [1.54, 1.807) is 12.1 Å². The molecule has 120 valence electrons. The third-order valence-electron chi connectivity index (χ3n) is 2.70. The summed E-state index contributed by atoms with van der Waals surface area (Å²) in [5.74, 6) is -0.0251. The lowest BCUT2D eigenvalue weighted by Crippen LogP contribution is -2.20. The fourth-order valence-corrected chi connectivity index (χ4v) is 2.37. The number of anilines is 1. The van der Waals surface area contributed by atoms with Crippen molar-refractivity contribution in [2.75, 3.05) is 11.9 Å². The standard InChI is InChI=1S/C14H9BrCl2N2O4/c15-10-5-8(19(21)22)1-4-13(10)18-14(20)7-23-9-2-3-11(16)12(17)6-9/h1-6H,7H2,(H,18,20). The van der Waals surface area contributed by atoms with Crippen molar-refractivity contribution in [3.63, 3.8) is 0 Å². The number of ether oxygens (including phenoxy) is 1. The molecule has 1 amide bonds. The number of nitrogens with zero attached hydrogens (tertiary/aromatic N) is 1. The molecule has 0 unspecified atom stereocenters. The van der Waals surface area contributed by atoms with Gasteiger partial charge in [-0.1, -0.05) is 23.2 Å². The van der Waals surface area contributed by atoms with Crippen molar-refractivity contribution < 1.29 is 14.5 Å². The van der Waals surface area contributed by atoms with Crippen LogP contribution in [0.3, 0.4) is 0 Å². The fraction of sp³-hybridized carbons (Fsp3) is 0.0714. The van der Waals surface area contributed by atoms with Crippen LogP contribution in [0.5, 0.6) is 5.75 Å². The molecule has 0 aliphatic carbocycles. The van der Waals surface area contributed by atoms with E-state index in [2.05, 4.69) is 21.2 Å². The summed E-state index contributed by atoms with van der Waals surface area (Å²) in [4.78, 5) is 22.0. The Morgan fingerprint density at radius 1 is 1.22 bits per heavy atom. The van der Waals surface area contributed by atoms with Crippen LogP contribution in [0, 0.1) is 10.1 Å². The van der Waals surface area contributed by atoms with Crippen molar-refractivity contribution in [3.8, 4) is 5.75 Å². The molecule has 2 aromatic carbocycles. The molecule has 0 saturated heterocycles. The van der Waals surface area contributed by atoms with Gasteiger partial charge in [0.2, 0.25) is 0 Å². The van der Waals surface area contributed by atoms with Crippen LogP contribution in [-0.2, 0) is 4.79 Å². The molecule has 0 atom stereocenters. The lowest BCUT2D eigenvalue weighted by molar-refractivity contribution is -0.384. The van der Waals surface area contributed by atoms with Crippen molar-refractivity contribution in [3.05, 3.63) is 61.0 Å². The number of nitro benzene ring substituents is 1. The van der Waals surface area contributed by atoms with E-state index in [-0.39, 0.29) is 12.3 Å². The molecule has 1 N–H and O–H groups in total. The zero-order valence-electron chi connectivity index (χ0n) is 11.4. The smallest absolute Gasteiger partial charge is 0.270 e. The molecule has 0 heterocycles. The van der Waals surface area contributed by atoms with Crippen LogP contribution in [0.15, 0.2) is 40.9 Å². The lowest BCUT2D eigenvalue weighted by Gasteiger charge is -2.09. The quantitative estimate of drug-likeness (QED) is 0.563. The summed E-state index contributed by atoms with van der Waals surface area (Å²) in [7, 11) is 0. The molecule has 6 nitrogen and oxygen atoms in total. The maximum Gasteiger partial charge on any atom is 0.270 e. The van der Waals surface area contributed by atoms with Gasteiger partial charge in [0.15, 0.2) is 6.61 Å². The Labute approximate surface area is 149 Å². The molecule has 0 aromatic heterocycles. The number of rotatable bonds is 5. The summed E-state index contributed by atoms with van der Waals surface area (Å²) < 4.78 is 5.70. The van der Waals surface area contributed by atoms with Gasteiger partial charge in [-0.25, -0.2) is 0 Å². The van der Waals surface area contributed by atoms with Crippen LogP contribution < -0.4 is 10.1 Å². The predicted octanol–water partition coefficient (Wildman–Crippen LogP) is 4.68. The molecule has 0 spiro atoms. The van der Waals surface area contributed by atoms with E-state index in [0.29, 0.717) is 26.0 Å². The van der Waals surface area contributed by atoms with Gasteiger partial charge in [0.25, 0.3) is 11.6 Å². The van der Waals surface area contributed by atoms with Crippen LogP contribution in [0.25, 0.3) is 0 Å². The SMILES string of the molecule is O=C(COc1ccc(Cl)c(Cl)c1)Nc1ccc([N+](=O)[O-])cc1Br. The molecule has 0 bridgehead atoms. The molecule has 23 heavy (non-hydrogen) atoms. The van der Waals surface area contributed by atoms with E-state index in [0.717, 1.165) is 0 Å². The molecular formula is C14H9BrCl2N2O4. The third kappa shape index (κ3) is 4.82. The maximum absolute atomic E-state index is 11.9. The lowest BCUT2D eigenvalue weighted by atomic mass is 10.3. The number of non-ortho nitro benzene ring substituents is 1. The number of benzene rings is 2. The molecule has 9 heteroatoms. The van der Waals surface area contributed by atoms with Crippen LogP contribution in [0.1, 0.15) is 0 Å². The van der Waals surface area contributed by atoms with Gasteiger partial charge in [-0.2, -0.15) is 0 Å². The van der Waals surface area contributed by atoms with Gasteiger partial charge in [0, 0.05) is 22.7 Å². The van der Waals surface area contributed by atoms with Crippen LogP contribution in [0.2, 0.25) is 10.0 Å². The normalized spacial score (nSPS) is 10.2. The summed E-state index contributed by atoms with van der Waals surface area (Å²) in [5, 5.41) is 13.9. The number of nitro groups is 1. The van der Waals surface area contributed by atoms with E-state index >= 15 is 0 Å². The summed E-state index contributed by atoms with van der Waals surface area (Å²) in [6.07, 6.45) is 0. The van der Waals surface area contributed by atoms with Crippen molar-refractivity contribution in [1.82, 2.24) is 0 Å². The average Bonchev–Trinajstić information content (AvgIpc) is 2.50. The zero-order valence-corrected chi connectivity index (χ0v) is 14.5. The van der Waals surface area contributed by atoms with Crippen LogP contribution in [-0.4, -0.2) is 17.4 Å². The van der Waals surface area contributed by atoms with Gasteiger partial charge in [0.05, 0.1) is 20.7 Å². The number of amides is 1. The van der Waals surface area contributed by atoms with Gasteiger partial charge in [-0.15, -0.1) is 0 Å². The Balaban J connectivity index is 1.97. The Hall–Kier alpha value is -1.83. The first-order chi connectivity index (χ1) is 10.9. The van der Waals surface area contributed by atoms with Crippen LogP contribution in [0.4, 0.5) is 11.4 Å². The first-order valence-corrected chi connectivity index (χ1v) is 7.73. The Morgan fingerprint density at radius 3 is 2.57 bits per heavy atom. The molecule has 0 aliphatic heterocycles. The first kappa shape index (κ1) is 17.5. The Kier molecular flexibility index (Phi) is 5.81. The third-order valence-corrected chi connectivity index (χ3v) is 4.09. The van der Waals surface area contributed by atoms with Gasteiger partial charge in [-0.3, -0.25) is 14.9 Å². The largest absolute Gasteiger partial charge is 0.484 e. The molecule has 0 saturated carbocycles. The highest BCUT2D eigenvalue weighted by Gasteiger charge is 2.12. The highest BCUT2D eigenvalue weighted by molar-refractivity contribution is 9.10. The van der Waals surface area contributed by atoms with Crippen LogP contribution >= 0.6 is 39.1 Å². The molecule has 0 aliphatic rings. The van der Waals surface area contributed by atoms with E-state index in [1.807, 2.05) is 0 Å². The molecule has 0 radical (unpaired) electrons. The van der Waals surface area contributed by atoms with Gasteiger partial charge < -0.3 is 10.1 Å². The van der Waals surface area contributed by atoms with E-state index < -0.39 is 10.8 Å². The minimum absolute atomic E-state index is 0.0815. The summed E-state index contributed by atoms with van der Waals surface area (Å²) in [6, 6.07) is 8.67. The number of carbonyl (C=O) groups excluding carboxylic acids is 1. The number of hydrogen-bond donors (Lipinski definition) is 1. The molecular weight excluding hydrogens is 411 g/mol. The Bertz CT molecular complexity index is 770. The van der Waals surface area contributed by atoms with Gasteiger partial charge in [-0.05, 0) is 34.1 Å². The average molecular weight is 420 g/mol. The molecule has 2 rings (SSSR count). The van der Waals surface area contributed by atoms with Crippen molar-refractivity contribution >= 4 is 56.4 Å². The first-order valence-electron chi connectivity index (χ1n) is 6.18. The highest BCUT2D eigenvalue weighted by atomic mass is 79.9. The summed E-state index contributed by atoms with van der Waals surface area (Å²) in [5.41, 5.74) is 0.320. The number of nitrogens with one attached hydrogen (secondary N) is 1. The number of halogens is 3. The summed E-state index contributed by atoms with van der Waals surface area (Å²) in [6.45, 7) is -0.249. The minimum Gasteiger partial charge on any atom is -0.484 e. The topological polar surface area (TPSA) is 81.5 Å². The minimum atomic E-state index is -0.524. The predicted molar refractivity (Wildman–Crippen MR) is 91.4 cm³/mol. The van der Waals surface area contributed by atoms with Crippen molar-refractivity contribution in [2.45, 2.75) is 0 Å². The molecule has 2 aromatic rings. The maximum atomic E-state index is 11.9. The van der Waals surface area contributed by atoms with E-state index in [4.69, 9.17) is 27.9 Å². The number of hydrogen-bond acceptors (Lipinski definition) is 4. The second kappa shape index (κ2) is 7.63. The van der Waals surface area contributed by atoms with Crippen molar-refractivity contribution in [1.29, 1.82) is 0 Å². The van der Waals surface area contributed by atoms with E-state index in [9.17, 15) is 14.9 Å². The molecule has 0 fully saturated rings. The zero-order chi connectivity index (χ0) is 17.0. The second-order valence-corrected chi connectivity index (χ2v) is 6.00. The van der Waals surface area contributed by atoms with Crippen molar-refractivity contribution in [2.24, 2.45) is 0 Å². The van der Waals surface area contributed by atoms with Gasteiger partial charge >= 0.3 is 0 Å². The Morgan fingerprint density at radius 2 is 1.96 bits per heavy atom. The fourth-order valence-electron chi connectivity index (χ4n) is 1.62. The van der Waals surface area contributed by atoms with E-state index in [1.165, 1.54) is 24.3 Å². The second-order valence-electron chi connectivity index (χ2n) is 4.33.